The Hall–Kier alpha value is -2.60. The molecule has 26 heavy (non-hydrogen) atoms. The Kier molecular flexibility index (Phi) is 4.75. The van der Waals surface area contributed by atoms with Gasteiger partial charge in [0, 0.05) is 18.9 Å². The standard InChI is InChI=1S/C20H23N3O3/c1-25-18-12-15(19-22-20(24)16-4-2-3-11-23(16)19)5-6-17(18)26-13-14-7-9-21-10-8-14/h5-10,12,16,19H,2-4,11,13H2,1H3,(H,22,24). The lowest BCUT2D eigenvalue weighted by Gasteiger charge is -2.31. The fraction of sp³-hybridized carbons (Fsp3) is 0.400. The number of carbonyl (C=O) groups is 1. The maximum absolute atomic E-state index is 12.3. The SMILES string of the molecule is COc1cc(C2NC(=O)C3CCCCN32)ccc1OCc1ccncc1. The highest BCUT2D eigenvalue weighted by molar-refractivity contribution is 5.84. The molecule has 2 unspecified atom stereocenters. The van der Waals surface area contributed by atoms with Gasteiger partial charge in [-0.05, 0) is 48.2 Å². The highest BCUT2D eigenvalue weighted by Gasteiger charge is 2.41. The summed E-state index contributed by atoms with van der Waals surface area (Å²) >= 11 is 0. The fourth-order valence-electron chi connectivity index (χ4n) is 3.75. The van der Waals surface area contributed by atoms with Gasteiger partial charge >= 0.3 is 0 Å². The van der Waals surface area contributed by atoms with Gasteiger partial charge in [-0.2, -0.15) is 0 Å². The van der Waals surface area contributed by atoms with Crippen LogP contribution in [-0.4, -0.2) is 35.5 Å². The topological polar surface area (TPSA) is 63.7 Å². The van der Waals surface area contributed by atoms with Crippen molar-refractivity contribution >= 4 is 5.91 Å². The zero-order valence-electron chi connectivity index (χ0n) is 14.9. The summed E-state index contributed by atoms with van der Waals surface area (Å²) in [5.41, 5.74) is 2.07. The van der Waals surface area contributed by atoms with Crippen molar-refractivity contribution in [2.24, 2.45) is 0 Å². The number of amides is 1. The van der Waals surface area contributed by atoms with E-state index in [0.29, 0.717) is 18.1 Å². The van der Waals surface area contributed by atoms with Crippen molar-refractivity contribution in [2.45, 2.75) is 38.1 Å². The van der Waals surface area contributed by atoms with Crippen molar-refractivity contribution in [3.05, 3.63) is 53.9 Å². The van der Waals surface area contributed by atoms with Crippen LogP contribution in [0.5, 0.6) is 11.5 Å². The number of fused-ring (bicyclic) bond motifs is 1. The molecule has 0 spiro atoms. The summed E-state index contributed by atoms with van der Waals surface area (Å²) in [5.74, 6) is 1.49. The van der Waals surface area contributed by atoms with Crippen LogP contribution >= 0.6 is 0 Å². The third-order valence-corrected chi connectivity index (χ3v) is 5.10. The summed E-state index contributed by atoms with van der Waals surface area (Å²) < 4.78 is 11.4. The highest BCUT2D eigenvalue weighted by Crippen LogP contribution is 2.36. The van der Waals surface area contributed by atoms with Gasteiger partial charge < -0.3 is 14.8 Å². The summed E-state index contributed by atoms with van der Waals surface area (Å²) in [4.78, 5) is 18.5. The van der Waals surface area contributed by atoms with E-state index in [1.807, 2.05) is 30.3 Å². The number of piperidine rings is 1. The molecule has 0 radical (unpaired) electrons. The van der Waals surface area contributed by atoms with Crippen LogP contribution < -0.4 is 14.8 Å². The summed E-state index contributed by atoms with van der Waals surface area (Å²) in [6, 6.07) is 9.73. The Morgan fingerprint density at radius 3 is 2.85 bits per heavy atom. The number of aromatic nitrogens is 1. The molecule has 2 aliphatic heterocycles. The summed E-state index contributed by atoms with van der Waals surface area (Å²) in [6.45, 7) is 1.39. The predicted octanol–water partition coefficient (Wildman–Crippen LogP) is 2.65. The van der Waals surface area contributed by atoms with Crippen molar-refractivity contribution in [3.63, 3.8) is 0 Å². The first-order chi connectivity index (χ1) is 12.8. The normalized spacial score (nSPS) is 22.6. The molecule has 1 aromatic heterocycles. The molecule has 4 rings (SSSR count). The summed E-state index contributed by atoms with van der Waals surface area (Å²) in [5, 5.41) is 3.12. The average molecular weight is 353 g/mol. The molecule has 136 valence electrons. The summed E-state index contributed by atoms with van der Waals surface area (Å²) in [6.07, 6.45) is 6.59. The molecule has 2 aliphatic rings. The van der Waals surface area contributed by atoms with E-state index in [0.717, 1.165) is 36.9 Å². The lowest BCUT2D eigenvalue weighted by molar-refractivity contribution is -0.122. The van der Waals surface area contributed by atoms with Crippen molar-refractivity contribution in [1.82, 2.24) is 15.2 Å². The summed E-state index contributed by atoms with van der Waals surface area (Å²) in [7, 11) is 1.63. The van der Waals surface area contributed by atoms with E-state index in [1.54, 1.807) is 19.5 Å². The minimum atomic E-state index is -0.0871. The number of rotatable bonds is 5. The number of hydrogen-bond donors (Lipinski definition) is 1. The van der Waals surface area contributed by atoms with Crippen molar-refractivity contribution in [2.75, 3.05) is 13.7 Å². The minimum absolute atomic E-state index is 0.00219. The van der Waals surface area contributed by atoms with Gasteiger partial charge in [-0.25, -0.2) is 0 Å². The smallest absolute Gasteiger partial charge is 0.238 e. The van der Waals surface area contributed by atoms with E-state index in [2.05, 4.69) is 15.2 Å². The van der Waals surface area contributed by atoms with Crippen LogP contribution in [0.1, 0.15) is 36.6 Å². The molecule has 2 saturated heterocycles. The van der Waals surface area contributed by atoms with Crippen molar-refractivity contribution < 1.29 is 14.3 Å². The van der Waals surface area contributed by atoms with E-state index in [9.17, 15) is 4.79 Å². The molecule has 1 amide bonds. The zero-order chi connectivity index (χ0) is 17.9. The van der Waals surface area contributed by atoms with E-state index >= 15 is 0 Å². The van der Waals surface area contributed by atoms with E-state index in [-0.39, 0.29) is 18.1 Å². The van der Waals surface area contributed by atoms with E-state index in [4.69, 9.17) is 9.47 Å². The monoisotopic (exact) mass is 353 g/mol. The Morgan fingerprint density at radius 2 is 2.04 bits per heavy atom. The molecular weight excluding hydrogens is 330 g/mol. The fourth-order valence-corrected chi connectivity index (χ4v) is 3.75. The van der Waals surface area contributed by atoms with Crippen LogP contribution in [-0.2, 0) is 11.4 Å². The number of carbonyl (C=O) groups excluding carboxylic acids is 1. The third kappa shape index (κ3) is 3.24. The Balaban J connectivity index is 1.52. The van der Waals surface area contributed by atoms with Crippen LogP contribution in [0.3, 0.4) is 0 Å². The van der Waals surface area contributed by atoms with E-state index in [1.165, 1.54) is 0 Å². The molecule has 2 atom stereocenters. The second-order valence-electron chi connectivity index (χ2n) is 6.71. The Labute approximate surface area is 153 Å². The van der Waals surface area contributed by atoms with Gasteiger partial charge in [0.1, 0.15) is 12.8 Å². The maximum atomic E-state index is 12.3. The Bertz CT molecular complexity index is 781. The lowest BCUT2D eigenvalue weighted by atomic mass is 10.0. The third-order valence-electron chi connectivity index (χ3n) is 5.10. The first kappa shape index (κ1) is 16.8. The van der Waals surface area contributed by atoms with Crippen molar-refractivity contribution in [1.29, 1.82) is 0 Å². The molecule has 1 aromatic carbocycles. The molecular formula is C20H23N3O3. The van der Waals surface area contributed by atoms with Gasteiger partial charge in [0.2, 0.25) is 5.91 Å². The molecule has 0 aliphatic carbocycles. The maximum Gasteiger partial charge on any atom is 0.238 e. The number of nitrogens with zero attached hydrogens (tertiary/aromatic N) is 2. The van der Waals surface area contributed by atoms with Gasteiger partial charge in [-0.1, -0.05) is 12.5 Å². The van der Waals surface area contributed by atoms with Crippen LogP contribution in [0.25, 0.3) is 0 Å². The number of hydrogen-bond acceptors (Lipinski definition) is 5. The van der Waals surface area contributed by atoms with Gasteiger partial charge in [0.25, 0.3) is 0 Å². The largest absolute Gasteiger partial charge is 0.493 e. The van der Waals surface area contributed by atoms with Crippen molar-refractivity contribution in [3.8, 4) is 11.5 Å². The van der Waals surface area contributed by atoms with Crippen LogP contribution in [0, 0.1) is 0 Å². The first-order valence-corrected chi connectivity index (χ1v) is 9.02. The molecule has 1 N–H and O–H groups in total. The second kappa shape index (κ2) is 7.33. The molecule has 2 fully saturated rings. The minimum Gasteiger partial charge on any atom is -0.493 e. The zero-order valence-corrected chi connectivity index (χ0v) is 14.9. The van der Waals surface area contributed by atoms with Crippen LogP contribution in [0.4, 0.5) is 0 Å². The molecule has 0 saturated carbocycles. The predicted molar refractivity (Wildman–Crippen MR) is 96.8 cm³/mol. The molecule has 6 nitrogen and oxygen atoms in total. The molecule has 6 heteroatoms. The lowest BCUT2D eigenvalue weighted by Crippen LogP contribution is -2.38. The van der Waals surface area contributed by atoms with Gasteiger partial charge in [-0.15, -0.1) is 0 Å². The number of methoxy groups -OCH3 is 1. The number of nitrogens with one attached hydrogen (secondary N) is 1. The number of benzene rings is 1. The van der Waals surface area contributed by atoms with Gasteiger partial charge in [-0.3, -0.25) is 14.7 Å². The number of ether oxygens (including phenoxy) is 2. The quantitative estimate of drug-likeness (QED) is 0.895. The Morgan fingerprint density at radius 1 is 1.19 bits per heavy atom. The van der Waals surface area contributed by atoms with Crippen LogP contribution in [0.15, 0.2) is 42.7 Å². The van der Waals surface area contributed by atoms with Crippen LogP contribution in [0.2, 0.25) is 0 Å². The first-order valence-electron chi connectivity index (χ1n) is 9.02. The van der Waals surface area contributed by atoms with E-state index < -0.39 is 0 Å². The van der Waals surface area contributed by atoms with Gasteiger partial charge in [0.05, 0.1) is 13.2 Å². The molecule has 2 aromatic rings. The number of pyridine rings is 1. The average Bonchev–Trinajstić information content (AvgIpc) is 3.04. The molecule has 0 bridgehead atoms. The molecule has 3 heterocycles. The highest BCUT2D eigenvalue weighted by atomic mass is 16.5. The van der Waals surface area contributed by atoms with Gasteiger partial charge in [0.15, 0.2) is 11.5 Å². The second-order valence-corrected chi connectivity index (χ2v) is 6.71.